The second-order valence-corrected chi connectivity index (χ2v) is 8.32. The first-order valence-corrected chi connectivity index (χ1v) is 10.9. The van der Waals surface area contributed by atoms with Crippen LogP contribution in [0, 0.1) is 24.1 Å². The molecule has 0 aliphatic rings. The minimum atomic E-state index is -1.05. The highest BCUT2D eigenvalue weighted by Crippen LogP contribution is 2.43. The van der Waals surface area contributed by atoms with Crippen LogP contribution in [0.5, 0.6) is 0 Å². The number of benzene rings is 4. The SMILES string of the molecule is [2H]c1c(F)c([2H])c(-c2c(C)ccc3c2oc2c(-c4cccc5ccccc45)c(C#N)ccc23)[n+](C)c1[2H]. The van der Waals surface area contributed by atoms with Crippen molar-refractivity contribution < 1.29 is 17.5 Å². The minimum Gasteiger partial charge on any atom is -0.454 e. The molecule has 0 amide bonds. The van der Waals surface area contributed by atoms with E-state index in [-0.39, 0.29) is 11.9 Å². The van der Waals surface area contributed by atoms with Gasteiger partial charge in [0, 0.05) is 28.4 Å². The molecular formula is C30H20FN2O+. The van der Waals surface area contributed by atoms with Crippen molar-refractivity contribution in [3.63, 3.8) is 0 Å². The van der Waals surface area contributed by atoms with Gasteiger partial charge in [0.2, 0.25) is 5.69 Å². The highest BCUT2D eigenvalue weighted by atomic mass is 19.1. The molecule has 0 aliphatic carbocycles. The van der Waals surface area contributed by atoms with Crippen LogP contribution in [0.25, 0.3) is 55.1 Å². The molecule has 6 aromatic rings. The highest BCUT2D eigenvalue weighted by molar-refractivity contribution is 6.15. The van der Waals surface area contributed by atoms with Crippen LogP contribution < -0.4 is 4.57 Å². The van der Waals surface area contributed by atoms with E-state index in [0.717, 1.165) is 32.7 Å². The molecule has 0 saturated heterocycles. The van der Waals surface area contributed by atoms with Crippen molar-refractivity contribution in [1.82, 2.24) is 0 Å². The average Bonchev–Trinajstić information content (AvgIpc) is 3.29. The van der Waals surface area contributed by atoms with Gasteiger partial charge in [-0.1, -0.05) is 54.6 Å². The fourth-order valence-electron chi connectivity index (χ4n) is 4.74. The molecule has 3 nitrogen and oxygen atoms in total. The van der Waals surface area contributed by atoms with Crippen LogP contribution in [-0.4, -0.2) is 0 Å². The predicted molar refractivity (Wildman–Crippen MR) is 133 cm³/mol. The number of nitrogens with zero attached hydrogens (tertiary/aromatic N) is 2. The van der Waals surface area contributed by atoms with Crippen LogP contribution in [0.3, 0.4) is 0 Å². The molecule has 0 unspecified atom stereocenters. The van der Waals surface area contributed by atoms with Gasteiger partial charge in [-0.3, -0.25) is 0 Å². The molecule has 34 heavy (non-hydrogen) atoms. The Morgan fingerprint density at radius 2 is 1.65 bits per heavy atom. The third-order valence-electron chi connectivity index (χ3n) is 6.33. The summed E-state index contributed by atoms with van der Waals surface area (Å²) in [6.45, 7) is 1.84. The zero-order valence-electron chi connectivity index (χ0n) is 21.5. The van der Waals surface area contributed by atoms with Crippen molar-refractivity contribution in [3.8, 4) is 28.5 Å². The Morgan fingerprint density at radius 1 is 0.912 bits per heavy atom. The zero-order chi connectivity index (χ0) is 26.0. The quantitative estimate of drug-likeness (QED) is 0.264. The van der Waals surface area contributed by atoms with E-state index < -0.39 is 17.9 Å². The molecule has 0 radical (unpaired) electrons. The third kappa shape index (κ3) is 2.91. The molecule has 4 aromatic carbocycles. The maximum absolute atomic E-state index is 14.8. The number of halogens is 1. The number of fused-ring (bicyclic) bond motifs is 4. The maximum atomic E-state index is 14.8. The van der Waals surface area contributed by atoms with E-state index in [1.54, 1.807) is 13.1 Å². The number of aryl methyl sites for hydroxylation is 1. The molecule has 0 spiro atoms. The number of hydrogen-bond donors (Lipinski definition) is 0. The molecule has 0 bridgehead atoms. The van der Waals surface area contributed by atoms with E-state index in [4.69, 9.17) is 8.53 Å². The van der Waals surface area contributed by atoms with E-state index in [1.807, 2.05) is 67.6 Å². The first-order chi connectivity index (χ1) is 17.8. The van der Waals surface area contributed by atoms with E-state index in [2.05, 4.69) is 6.07 Å². The summed E-state index contributed by atoms with van der Waals surface area (Å²) in [5, 5.41) is 13.6. The summed E-state index contributed by atoms with van der Waals surface area (Å²) in [6, 6.07) is 22.5. The number of furan rings is 1. The fourth-order valence-corrected chi connectivity index (χ4v) is 4.74. The molecule has 2 aromatic heterocycles. The Bertz CT molecular complexity index is 1940. The number of aromatic nitrogens is 1. The summed E-state index contributed by atoms with van der Waals surface area (Å²) in [4.78, 5) is 0. The lowest BCUT2D eigenvalue weighted by atomic mass is 9.93. The summed E-state index contributed by atoms with van der Waals surface area (Å²) in [5.74, 6) is -1.05. The predicted octanol–water partition coefficient (Wildman–Crippen LogP) is 7.22. The van der Waals surface area contributed by atoms with Crippen molar-refractivity contribution in [2.24, 2.45) is 7.05 Å². The Hall–Kier alpha value is -4.49. The Kier molecular flexibility index (Phi) is 3.78. The van der Waals surface area contributed by atoms with Gasteiger partial charge in [-0.2, -0.15) is 5.26 Å². The van der Waals surface area contributed by atoms with Crippen LogP contribution in [0.15, 0.2) is 89.4 Å². The summed E-state index contributed by atoms with van der Waals surface area (Å²) >= 11 is 0. The summed E-state index contributed by atoms with van der Waals surface area (Å²) in [5.41, 5.74) is 4.33. The topological polar surface area (TPSA) is 40.8 Å². The molecule has 0 aliphatic heterocycles. The first-order valence-electron chi connectivity index (χ1n) is 12.4. The third-order valence-corrected chi connectivity index (χ3v) is 6.33. The van der Waals surface area contributed by atoms with Gasteiger partial charge in [0.05, 0.1) is 19.9 Å². The first kappa shape index (κ1) is 17.0. The molecule has 2 heterocycles. The van der Waals surface area contributed by atoms with Crippen molar-refractivity contribution in [1.29, 1.82) is 5.26 Å². The average molecular weight is 447 g/mol. The standard InChI is InChI=1S/C30H20FN2O/c1-18-10-12-24-25-13-11-20(17-32)28(23-9-5-7-19-6-3-4-8-22(19)23)30(25)34-29(24)27(18)26-16-21(31)14-15-33(26)2/h3-16H,1-2H3/q+1/i14D,15D,16D. The molecular weight excluding hydrogens is 423 g/mol. The van der Waals surface area contributed by atoms with Gasteiger partial charge in [0.15, 0.2) is 6.17 Å². The Balaban J connectivity index is 1.78. The molecule has 0 saturated carbocycles. The van der Waals surface area contributed by atoms with Crippen molar-refractivity contribution in [2.75, 3.05) is 0 Å². The minimum absolute atomic E-state index is 0.160. The second-order valence-electron chi connectivity index (χ2n) is 8.32. The Labute approximate surface area is 200 Å². The van der Waals surface area contributed by atoms with Gasteiger partial charge in [0.25, 0.3) is 0 Å². The van der Waals surface area contributed by atoms with Crippen molar-refractivity contribution in [3.05, 3.63) is 102 Å². The summed E-state index contributed by atoms with van der Waals surface area (Å²) in [7, 11) is 1.55. The molecule has 162 valence electrons. The van der Waals surface area contributed by atoms with Crippen LogP contribution in [0.2, 0.25) is 0 Å². The van der Waals surface area contributed by atoms with Gasteiger partial charge < -0.3 is 4.42 Å². The molecule has 0 atom stereocenters. The van der Waals surface area contributed by atoms with E-state index in [1.165, 1.54) is 4.57 Å². The number of rotatable bonds is 2. The van der Waals surface area contributed by atoms with Crippen LogP contribution in [0.4, 0.5) is 4.39 Å². The zero-order valence-corrected chi connectivity index (χ0v) is 18.5. The van der Waals surface area contributed by atoms with Gasteiger partial charge in [-0.15, -0.1) is 0 Å². The summed E-state index contributed by atoms with van der Waals surface area (Å²) < 4.78 is 47.2. The Morgan fingerprint density at radius 3 is 2.47 bits per heavy atom. The van der Waals surface area contributed by atoms with Crippen LogP contribution in [-0.2, 0) is 7.05 Å². The maximum Gasteiger partial charge on any atom is 0.219 e. The normalized spacial score (nSPS) is 12.6. The molecule has 0 N–H and O–H groups in total. The van der Waals surface area contributed by atoms with Crippen molar-refractivity contribution >= 4 is 32.7 Å². The van der Waals surface area contributed by atoms with Crippen LogP contribution in [0.1, 0.15) is 15.2 Å². The highest BCUT2D eigenvalue weighted by Gasteiger charge is 2.24. The van der Waals surface area contributed by atoms with E-state index >= 15 is 0 Å². The number of nitriles is 1. The van der Waals surface area contributed by atoms with Gasteiger partial charge in [-0.05, 0) is 41.0 Å². The van der Waals surface area contributed by atoms with Gasteiger partial charge >= 0.3 is 0 Å². The number of pyridine rings is 1. The van der Waals surface area contributed by atoms with Crippen LogP contribution >= 0.6 is 0 Å². The van der Waals surface area contributed by atoms with Gasteiger partial charge in [0.1, 0.15) is 25.4 Å². The second kappa shape index (κ2) is 7.54. The molecule has 0 fully saturated rings. The largest absolute Gasteiger partial charge is 0.454 e. The summed E-state index contributed by atoms with van der Waals surface area (Å²) in [6.07, 6.45) is -0.334. The van der Waals surface area contributed by atoms with E-state index in [0.29, 0.717) is 27.9 Å². The van der Waals surface area contributed by atoms with E-state index in [9.17, 15) is 9.65 Å². The number of hydrogen-bond acceptors (Lipinski definition) is 2. The smallest absolute Gasteiger partial charge is 0.219 e. The lowest BCUT2D eigenvalue weighted by Gasteiger charge is -2.09. The molecule has 6 rings (SSSR count). The lowest BCUT2D eigenvalue weighted by Crippen LogP contribution is -2.30. The molecule has 4 heteroatoms. The lowest BCUT2D eigenvalue weighted by molar-refractivity contribution is -0.660. The monoisotopic (exact) mass is 446 g/mol. The fraction of sp³-hybridized carbons (Fsp3) is 0.0667. The van der Waals surface area contributed by atoms with Gasteiger partial charge in [-0.25, -0.2) is 8.96 Å². The van der Waals surface area contributed by atoms with Crippen molar-refractivity contribution in [2.45, 2.75) is 6.92 Å².